The number of nitrogens with two attached hydrogens (primary N) is 1. The standard InChI is InChI=1S/C13H17ClN2O/c1-9(10-3-2-4-11(14)7-10)13(17)16-6-5-12(15)8-16/h2-4,7,9,12H,5-6,8,15H2,1H3. The molecule has 4 heteroatoms. The number of amides is 1. The molecule has 0 spiro atoms. The second-order valence-corrected chi connectivity index (χ2v) is 5.05. The van der Waals surface area contributed by atoms with Crippen molar-refractivity contribution in [2.24, 2.45) is 5.73 Å². The largest absolute Gasteiger partial charge is 0.341 e. The van der Waals surface area contributed by atoms with Crippen LogP contribution in [0.3, 0.4) is 0 Å². The van der Waals surface area contributed by atoms with Crippen LogP contribution in [0.2, 0.25) is 5.02 Å². The quantitative estimate of drug-likeness (QED) is 0.875. The molecule has 1 aliphatic rings. The van der Waals surface area contributed by atoms with Crippen molar-refractivity contribution in [2.45, 2.75) is 25.3 Å². The van der Waals surface area contributed by atoms with Crippen LogP contribution in [0.1, 0.15) is 24.8 Å². The summed E-state index contributed by atoms with van der Waals surface area (Å²) in [7, 11) is 0. The molecule has 17 heavy (non-hydrogen) atoms. The van der Waals surface area contributed by atoms with E-state index in [4.69, 9.17) is 17.3 Å². The van der Waals surface area contributed by atoms with Gasteiger partial charge in [0.15, 0.2) is 0 Å². The highest BCUT2D eigenvalue weighted by molar-refractivity contribution is 6.30. The van der Waals surface area contributed by atoms with E-state index in [0.29, 0.717) is 11.6 Å². The van der Waals surface area contributed by atoms with Crippen molar-refractivity contribution < 1.29 is 4.79 Å². The Morgan fingerprint density at radius 1 is 1.59 bits per heavy atom. The summed E-state index contributed by atoms with van der Waals surface area (Å²) in [4.78, 5) is 14.1. The van der Waals surface area contributed by atoms with Gasteiger partial charge < -0.3 is 10.6 Å². The number of likely N-dealkylation sites (tertiary alicyclic amines) is 1. The van der Waals surface area contributed by atoms with Gasteiger partial charge in [-0.2, -0.15) is 0 Å². The summed E-state index contributed by atoms with van der Waals surface area (Å²) in [6.07, 6.45) is 0.897. The number of hydrogen-bond acceptors (Lipinski definition) is 2. The smallest absolute Gasteiger partial charge is 0.229 e. The van der Waals surface area contributed by atoms with Crippen molar-refractivity contribution in [3.05, 3.63) is 34.9 Å². The van der Waals surface area contributed by atoms with E-state index in [-0.39, 0.29) is 17.9 Å². The van der Waals surface area contributed by atoms with Crippen molar-refractivity contribution in [1.82, 2.24) is 4.90 Å². The Hall–Kier alpha value is -1.06. The van der Waals surface area contributed by atoms with E-state index in [0.717, 1.165) is 18.5 Å². The fourth-order valence-electron chi connectivity index (χ4n) is 2.18. The van der Waals surface area contributed by atoms with Crippen molar-refractivity contribution in [1.29, 1.82) is 0 Å². The number of hydrogen-bond donors (Lipinski definition) is 1. The minimum Gasteiger partial charge on any atom is -0.341 e. The number of rotatable bonds is 2. The Morgan fingerprint density at radius 2 is 2.35 bits per heavy atom. The van der Waals surface area contributed by atoms with Gasteiger partial charge in [0.1, 0.15) is 0 Å². The first kappa shape index (κ1) is 12.4. The lowest BCUT2D eigenvalue weighted by atomic mass is 10.00. The molecule has 1 fully saturated rings. The number of carbonyl (C=O) groups excluding carboxylic acids is 1. The Kier molecular flexibility index (Phi) is 3.69. The van der Waals surface area contributed by atoms with Crippen molar-refractivity contribution >= 4 is 17.5 Å². The molecule has 2 atom stereocenters. The lowest BCUT2D eigenvalue weighted by Crippen LogP contribution is -2.34. The average Bonchev–Trinajstić information content (AvgIpc) is 2.74. The number of halogens is 1. The van der Waals surface area contributed by atoms with Crippen LogP contribution in [0.25, 0.3) is 0 Å². The maximum Gasteiger partial charge on any atom is 0.229 e. The van der Waals surface area contributed by atoms with Gasteiger partial charge in [0.25, 0.3) is 0 Å². The first-order valence-electron chi connectivity index (χ1n) is 5.88. The molecule has 92 valence electrons. The summed E-state index contributed by atoms with van der Waals surface area (Å²) in [5.41, 5.74) is 6.77. The predicted molar refractivity (Wildman–Crippen MR) is 69.0 cm³/mol. The average molecular weight is 253 g/mol. The van der Waals surface area contributed by atoms with Crippen LogP contribution in [0.5, 0.6) is 0 Å². The van der Waals surface area contributed by atoms with E-state index in [1.165, 1.54) is 0 Å². The maximum absolute atomic E-state index is 12.2. The molecule has 2 rings (SSSR count). The molecule has 0 aromatic heterocycles. The summed E-state index contributed by atoms with van der Waals surface area (Å²) < 4.78 is 0. The molecule has 2 unspecified atom stereocenters. The van der Waals surface area contributed by atoms with Crippen LogP contribution in [0.4, 0.5) is 0 Å². The second kappa shape index (κ2) is 5.07. The fraction of sp³-hybridized carbons (Fsp3) is 0.462. The van der Waals surface area contributed by atoms with Crippen molar-refractivity contribution in [3.8, 4) is 0 Å². The second-order valence-electron chi connectivity index (χ2n) is 4.61. The van der Waals surface area contributed by atoms with Crippen LogP contribution in [0.15, 0.2) is 24.3 Å². The zero-order chi connectivity index (χ0) is 12.4. The Labute approximate surface area is 107 Å². The molecular weight excluding hydrogens is 236 g/mol. The highest BCUT2D eigenvalue weighted by Gasteiger charge is 2.27. The Balaban J connectivity index is 2.09. The molecule has 1 saturated heterocycles. The first-order valence-corrected chi connectivity index (χ1v) is 6.25. The monoisotopic (exact) mass is 252 g/mol. The topological polar surface area (TPSA) is 46.3 Å². The van der Waals surface area contributed by atoms with Crippen LogP contribution < -0.4 is 5.73 Å². The molecule has 1 aromatic rings. The summed E-state index contributed by atoms with van der Waals surface area (Å²) in [5.74, 6) is -0.0146. The number of benzene rings is 1. The minimum atomic E-state index is -0.154. The predicted octanol–water partition coefficient (Wildman–Crippen LogP) is 2.00. The van der Waals surface area contributed by atoms with Crippen molar-refractivity contribution in [2.75, 3.05) is 13.1 Å². The summed E-state index contributed by atoms with van der Waals surface area (Å²) in [6, 6.07) is 7.60. The molecule has 0 bridgehead atoms. The third kappa shape index (κ3) is 2.79. The molecule has 1 heterocycles. The van der Waals surface area contributed by atoms with Gasteiger partial charge in [-0.25, -0.2) is 0 Å². The molecule has 0 radical (unpaired) electrons. The van der Waals surface area contributed by atoms with Gasteiger partial charge in [-0.05, 0) is 31.0 Å². The zero-order valence-electron chi connectivity index (χ0n) is 9.90. The van der Waals surface area contributed by atoms with E-state index in [1.807, 2.05) is 36.1 Å². The Morgan fingerprint density at radius 3 is 2.94 bits per heavy atom. The highest BCUT2D eigenvalue weighted by Crippen LogP contribution is 2.23. The van der Waals surface area contributed by atoms with Gasteiger partial charge in [-0.1, -0.05) is 23.7 Å². The van der Waals surface area contributed by atoms with E-state index < -0.39 is 0 Å². The molecule has 0 aliphatic carbocycles. The van der Waals surface area contributed by atoms with Gasteiger partial charge in [0.2, 0.25) is 5.91 Å². The van der Waals surface area contributed by atoms with Gasteiger partial charge in [0, 0.05) is 24.2 Å². The zero-order valence-corrected chi connectivity index (χ0v) is 10.7. The van der Waals surface area contributed by atoms with Crippen LogP contribution in [-0.4, -0.2) is 29.9 Å². The number of carbonyl (C=O) groups is 1. The fourth-order valence-corrected chi connectivity index (χ4v) is 2.38. The van der Waals surface area contributed by atoms with Crippen molar-refractivity contribution in [3.63, 3.8) is 0 Å². The lowest BCUT2D eigenvalue weighted by Gasteiger charge is -2.21. The Bertz CT molecular complexity index is 422. The van der Waals surface area contributed by atoms with Crippen LogP contribution >= 0.6 is 11.6 Å². The molecule has 1 aliphatic heterocycles. The normalized spacial score (nSPS) is 21.6. The summed E-state index contributed by atoms with van der Waals surface area (Å²) >= 11 is 5.93. The third-order valence-electron chi connectivity index (χ3n) is 3.26. The van der Waals surface area contributed by atoms with E-state index in [9.17, 15) is 4.79 Å². The first-order chi connectivity index (χ1) is 8.08. The molecule has 0 saturated carbocycles. The van der Waals surface area contributed by atoms with Gasteiger partial charge in [-0.15, -0.1) is 0 Å². The third-order valence-corrected chi connectivity index (χ3v) is 3.49. The molecule has 1 amide bonds. The molecular formula is C13H17ClN2O. The van der Waals surface area contributed by atoms with Gasteiger partial charge in [-0.3, -0.25) is 4.79 Å². The maximum atomic E-state index is 12.2. The van der Waals surface area contributed by atoms with Crippen LogP contribution in [0, 0.1) is 0 Å². The van der Waals surface area contributed by atoms with Gasteiger partial charge >= 0.3 is 0 Å². The SMILES string of the molecule is CC(C(=O)N1CCC(N)C1)c1cccc(Cl)c1. The number of nitrogens with zero attached hydrogens (tertiary/aromatic N) is 1. The molecule has 2 N–H and O–H groups in total. The van der Waals surface area contributed by atoms with E-state index in [2.05, 4.69) is 0 Å². The van der Waals surface area contributed by atoms with E-state index >= 15 is 0 Å². The summed E-state index contributed by atoms with van der Waals surface area (Å²) in [5, 5.41) is 0.667. The molecule has 3 nitrogen and oxygen atoms in total. The molecule has 1 aromatic carbocycles. The minimum absolute atomic E-state index is 0.130. The lowest BCUT2D eigenvalue weighted by molar-refractivity contribution is -0.131. The van der Waals surface area contributed by atoms with Gasteiger partial charge in [0.05, 0.1) is 5.92 Å². The summed E-state index contributed by atoms with van der Waals surface area (Å²) in [6.45, 7) is 3.35. The van der Waals surface area contributed by atoms with Crippen LogP contribution in [-0.2, 0) is 4.79 Å². The van der Waals surface area contributed by atoms with E-state index in [1.54, 1.807) is 0 Å². The highest BCUT2D eigenvalue weighted by atomic mass is 35.5.